The van der Waals surface area contributed by atoms with Crippen LogP contribution in [0.3, 0.4) is 0 Å². The minimum absolute atomic E-state index is 0.151. The van der Waals surface area contributed by atoms with Gasteiger partial charge in [-0.3, -0.25) is 4.79 Å². The molecule has 0 spiro atoms. The summed E-state index contributed by atoms with van der Waals surface area (Å²) in [6.07, 6.45) is 5.46. The zero-order valence-electron chi connectivity index (χ0n) is 15.3. The minimum atomic E-state index is -0.565. The number of ether oxygens (including phenoxy) is 2. The fraction of sp³-hybridized carbons (Fsp3) is 0.381. The maximum atomic E-state index is 12.5. The normalized spacial score (nSPS) is 12.4. The molecule has 0 heterocycles. The lowest BCUT2D eigenvalue weighted by atomic mass is 10.1. The van der Waals surface area contributed by atoms with Gasteiger partial charge in [0, 0.05) is 12.7 Å². The SMILES string of the molecule is C#Cc1ccc2ccc(OC(CC)C(=O)NC(C)(C)COC)cc2c1. The molecule has 1 atom stereocenters. The van der Waals surface area contributed by atoms with Gasteiger partial charge in [0.1, 0.15) is 5.75 Å². The highest BCUT2D eigenvalue weighted by atomic mass is 16.5. The first-order valence-electron chi connectivity index (χ1n) is 8.36. The van der Waals surface area contributed by atoms with Crippen molar-refractivity contribution >= 4 is 16.7 Å². The van der Waals surface area contributed by atoms with Crippen molar-refractivity contribution in [2.24, 2.45) is 0 Å². The Morgan fingerprint density at radius 1 is 1.24 bits per heavy atom. The third-order valence-corrected chi connectivity index (χ3v) is 3.89. The van der Waals surface area contributed by atoms with E-state index < -0.39 is 11.6 Å². The van der Waals surface area contributed by atoms with Crippen LogP contribution in [0.1, 0.15) is 32.8 Å². The molecule has 0 saturated heterocycles. The molecule has 0 aliphatic carbocycles. The van der Waals surface area contributed by atoms with Crippen LogP contribution in [0.5, 0.6) is 5.75 Å². The smallest absolute Gasteiger partial charge is 0.261 e. The zero-order valence-corrected chi connectivity index (χ0v) is 15.3. The Hall–Kier alpha value is -2.51. The Bertz CT molecular complexity index is 789. The number of hydrogen-bond acceptors (Lipinski definition) is 3. The number of rotatable bonds is 7. The number of methoxy groups -OCH3 is 1. The number of carbonyl (C=O) groups excluding carboxylic acids is 1. The highest BCUT2D eigenvalue weighted by Crippen LogP contribution is 2.23. The molecule has 132 valence electrons. The molecular formula is C21H25NO3. The molecule has 2 aromatic rings. The van der Waals surface area contributed by atoms with E-state index in [9.17, 15) is 4.79 Å². The van der Waals surface area contributed by atoms with E-state index >= 15 is 0 Å². The third kappa shape index (κ3) is 4.98. The van der Waals surface area contributed by atoms with Crippen molar-refractivity contribution < 1.29 is 14.3 Å². The molecule has 25 heavy (non-hydrogen) atoms. The van der Waals surface area contributed by atoms with Crippen molar-refractivity contribution in [3.8, 4) is 18.1 Å². The first-order valence-corrected chi connectivity index (χ1v) is 8.36. The van der Waals surface area contributed by atoms with Crippen molar-refractivity contribution in [1.82, 2.24) is 5.32 Å². The lowest BCUT2D eigenvalue weighted by Crippen LogP contribution is -2.51. The van der Waals surface area contributed by atoms with Crippen LogP contribution in [-0.2, 0) is 9.53 Å². The lowest BCUT2D eigenvalue weighted by Gasteiger charge is -2.28. The van der Waals surface area contributed by atoms with Gasteiger partial charge in [-0.05, 0) is 55.3 Å². The van der Waals surface area contributed by atoms with E-state index in [-0.39, 0.29) is 5.91 Å². The number of nitrogens with one attached hydrogen (secondary N) is 1. The summed E-state index contributed by atoms with van der Waals surface area (Å²) in [7, 11) is 1.61. The summed E-state index contributed by atoms with van der Waals surface area (Å²) in [6.45, 7) is 6.18. The van der Waals surface area contributed by atoms with Gasteiger partial charge in [0.25, 0.3) is 5.91 Å². The van der Waals surface area contributed by atoms with Crippen LogP contribution in [0.2, 0.25) is 0 Å². The molecule has 4 nitrogen and oxygen atoms in total. The summed E-state index contributed by atoms with van der Waals surface area (Å²) in [5.41, 5.74) is 0.365. The second-order valence-corrected chi connectivity index (χ2v) is 6.69. The van der Waals surface area contributed by atoms with Crippen LogP contribution in [-0.4, -0.2) is 31.3 Å². The molecule has 0 saturated carbocycles. The molecule has 0 fully saturated rings. The largest absolute Gasteiger partial charge is 0.481 e. The number of fused-ring (bicyclic) bond motifs is 1. The number of benzene rings is 2. The van der Waals surface area contributed by atoms with Crippen molar-refractivity contribution in [3.05, 3.63) is 42.0 Å². The molecule has 1 N–H and O–H groups in total. The second-order valence-electron chi connectivity index (χ2n) is 6.69. The molecule has 0 aromatic heterocycles. The van der Waals surface area contributed by atoms with E-state index in [1.165, 1.54) is 0 Å². The monoisotopic (exact) mass is 339 g/mol. The Kier molecular flexibility index (Phi) is 6.06. The lowest BCUT2D eigenvalue weighted by molar-refractivity contribution is -0.130. The highest BCUT2D eigenvalue weighted by Gasteiger charge is 2.26. The molecule has 2 rings (SSSR count). The van der Waals surface area contributed by atoms with Crippen LogP contribution in [0, 0.1) is 12.3 Å². The first kappa shape index (κ1) is 18.8. The zero-order chi connectivity index (χ0) is 18.4. The summed E-state index contributed by atoms with van der Waals surface area (Å²) >= 11 is 0. The highest BCUT2D eigenvalue weighted by molar-refractivity contribution is 5.86. The summed E-state index contributed by atoms with van der Waals surface area (Å²) in [5, 5.41) is 5.03. The summed E-state index contributed by atoms with van der Waals surface area (Å²) < 4.78 is 11.1. The summed E-state index contributed by atoms with van der Waals surface area (Å²) in [4.78, 5) is 12.5. The molecule has 0 bridgehead atoms. The topological polar surface area (TPSA) is 47.6 Å². The van der Waals surface area contributed by atoms with Crippen molar-refractivity contribution in [3.63, 3.8) is 0 Å². The van der Waals surface area contributed by atoms with Gasteiger partial charge < -0.3 is 14.8 Å². The average molecular weight is 339 g/mol. The number of hydrogen-bond donors (Lipinski definition) is 1. The van der Waals surface area contributed by atoms with Crippen LogP contribution in [0.4, 0.5) is 0 Å². The molecule has 1 unspecified atom stereocenters. The number of amides is 1. The molecule has 0 aliphatic rings. The van der Waals surface area contributed by atoms with Gasteiger partial charge in [0.05, 0.1) is 12.1 Å². The molecule has 1 amide bonds. The van der Waals surface area contributed by atoms with Gasteiger partial charge in [-0.1, -0.05) is 25.0 Å². The van der Waals surface area contributed by atoms with Crippen LogP contribution < -0.4 is 10.1 Å². The van der Waals surface area contributed by atoms with Gasteiger partial charge in [-0.2, -0.15) is 0 Å². The van der Waals surface area contributed by atoms with E-state index in [1.807, 2.05) is 57.2 Å². The van der Waals surface area contributed by atoms with Crippen molar-refractivity contribution in [2.75, 3.05) is 13.7 Å². The minimum Gasteiger partial charge on any atom is -0.481 e. The maximum Gasteiger partial charge on any atom is 0.261 e. The fourth-order valence-corrected chi connectivity index (χ4v) is 2.69. The summed E-state index contributed by atoms with van der Waals surface area (Å²) in [6, 6.07) is 11.6. The Morgan fingerprint density at radius 2 is 1.96 bits per heavy atom. The molecule has 0 radical (unpaired) electrons. The van der Waals surface area contributed by atoms with E-state index in [2.05, 4.69) is 11.2 Å². The predicted molar refractivity (Wildman–Crippen MR) is 101 cm³/mol. The Labute approximate surface area is 149 Å². The van der Waals surface area contributed by atoms with E-state index in [4.69, 9.17) is 15.9 Å². The molecule has 2 aromatic carbocycles. The number of carbonyl (C=O) groups is 1. The van der Waals surface area contributed by atoms with Gasteiger partial charge in [-0.25, -0.2) is 0 Å². The van der Waals surface area contributed by atoms with E-state index in [0.717, 1.165) is 16.3 Å². The molecule has 0 aliphatic heterocycles. The van der Waals surface area contributed by atoms with Gasteiger partial charge in [-0.15, -0.1) is 6.42 Å². The second kappa shape index (κ2) is 8.04. The first-order chi connectivity index (χ1) is 11.9. The van der Waals surface area contributed by atoms with Gasteiger partial charge in [0.15, 0.2) is 6.10 Å². The Morgan fingerprint density at radius 3 is 2.60 bits per heavy atom. The van der Waals surface area contributed by atoms with E-state index in [1.54, 1.807) is 7.11 Å². The van der Waals surface area contributed by atoms with Crippen LogP contribution in [0.15, 0.2) is 36.4 Å². The van der Waals surface area contributed by atoms with Gasteiger partial charge >= 0.3 is 0 Å². The number of terminal acetylenes is 1. The third-order valence-electron chi connectivity index (χ3n) is 3.89. The van der Waals surface area contributed by atoms with E-state index in [0.29, 0.717) is 18.8 Å². The van der Waals surface area contributed by atoms with Gasteiger partial charge in [0.2, 0.25) is 0 Å². The summed E-state index contributed by atoms with van der Waals surface area (Å²) in [5.74, 6) is 3.13. The van der Waals surface area contributed by atoms with Crippen molar-refractivity contribution in [2.45, 2.75) is 38.8 Å². The Balaban J connectivity index is 2.16. The van der Waals surface area contributed by atoms with Crippen LogP contribution >= 0.6 is 0 Å². The predicted octanol–water partition coefficient (Wildman–Crippen LogP) is 3.52. The maximum absolute atomic E-state index is 12.5. The quantitative estimate of drug-likeness (QED) is 0.785. The molecular weight excluding hydrogens is 314 g/mol. The van der Waals surface area contributed by atoms with Crippen LogP contribution in [0.25, 0.3) is 10.8 Å². The average Bonchev–Trinajstić information content (AvgIpc) is 2.58. The standard InChI is InChI=1S/C21H25NO3/c1-6-15-8-9-16-10-11-18(13-17(16)12-15)25-19(7-2)20(23)22-21(3,4)14-24-5/h1,8-13,19H,7,14H2,2-5H3,(H,22,23). The van der Waals surface area contributed by atoms with Crippen molar-refractivity contribution in [1.29, 1.82) is 0 Å². The fourth-order valence-electron chi connectivity index (χ4n) is 2.69. The molecule has 4 heteroatoms.